The van der Waals surface area contributed by atoms with Gasteiger partial charge in [0.15, 0.2) is 0 Å². The summed E-state index contributed by atoms with van der Waals surface area (Å²) in [7, 11) is -4.17. The molecule has 1 aliphatic carbocycles. The van der Waals surface area contributed by atoms with Gasteiger partial charge in [-0.05, 0) is 69.9 Å². The van der Waals surface area contributed by atoms with Gasteiger partial charge >= 0.3 is 0 Å². The number of hydrogen-bond acceptors (Lipinski definition) is 5. The van der Waals surface area contributed by atoms with Crippen LogP contribution in [-0.4, -0.2) is 56.9 Å². The van der Waals surface area contributed by atoms with Gasteiger partial charge in [0.1, 0.15) is 18.3 Å². The summed E-state index contributed by atoms with van der Waals surface area (Å²) in [6, 6.07) is 22.4. The number of nitrogens with one attached hydrogen (secondary N) is 1. The van der Waals surface area contributed by atoms with Crippen LogP contribution >= 0.6 is 0 Å². The zero-order valence-corrected chi connectivity index (χ0v) is 25.5. The Hall–Kier alpha value is -3.85. The fourth-order valence-electron chi connectivity index (χ4n) is 5.25. The Morgan fingerprint density at radius 1 is 0.952 bits per heavy atom. The van der Waals surface area contributed by atoms with Gasteiger partial charge in [-0.15, -0.1) is 0 Å². The zero-order chi connectivity index (χ0) is 30.1. The number of aryl methyl sites for hydroxylation is 1. The third-order valence-corrected chi connectivity index (χ3v) is 9.45. The summed E-state index contributed by atoms with van der Waals surface area (Å²) in [5.74, 6) is -0.348. The average Bonchev–Trinajstić information content (AvgIpc) is 3.50. The third kappa shape index (κ3) is 7.70. The lowest BCUT2D eigenvalue weighted by molar-refractivity contribution is -0.139. The van der Waals surface area contributed by atoms with E-state index in [1.54, 1.807) is 43.3 Å². The van der Waals surface area contributed by atoms with E-state index < -0.39 is 28.5 Å². The van der Waals surface area contributed by atoms with Crippen molar-refractivity contribution < 1.29 is 22.7 Å². The number of ether oxygens (including phenoxy) is 1. The minimum atomic E-state index is -4.17. The number of benzene rings is 3. The van der Waals surface area contributed by atoms with Gasteiger partial charge in [0.25, 0.3) is 10.0 Å². The van der Waals surface area contributed by atoms with Gasteiger partial charge in [0, 0.05) is 12.6 Å². The fraction of sp³-hybridized carbons (Fsp3) is 0.394. The Bertz CT molecular complexity index is 1440. The van der Waals surface area contributed by atoms with E-state index in [0.717, 1.165) is 41.1 Å². The van der Waals surface area contributed by atoms with E-state index in [9.17, 15) is 18.0 Å². The van der Waals surface area contributed by atoms with Gasteiger partial charge in [-0.1, -0.05) is 73.0 Å². The molecule has 1 N–H and O–H groups in total. The van der Waals surface area contributed by atoms with Crippen molar-refractivity contribution in [3.05, 3.63) is 90.0 Å². The molecule has 224 valence electrons. The SMILES string of the molecule is CCOc1ccccc1N(CC(=O)N(CCc1ccccc1)C(C)C(=O)NC1CCCC1)S(=O)(=O)c1ccc(C)cc1. The Morgan fingerprint density at radius 2 is 1.60 bits per heavy atom. The number of rotatable bonds is 13. The molecule has 1 atom stereocenters. The minimum Gasteiger partial charge on any atom is -0.492 e. The van der Waals surface area contributed by atoms with Crippen LogP contribution in [0.25, 0.3) is 0 Å². The third-order valence-electron chi connectivity index (χ3n) is 7.67. The number of anilines is 1. The minimum absolute atomic E-state index is 0.0649. The molecule has 1 unspecified atom stereocenters. The molecule has 4 rings (SSSR count). The summed E-state index contributed by atoms with van der Waals surface area (Å²) in [6.45, 7) is 5.50. The molecule has 0 radical (unpaired) electrons. The summed E-state index contributed by atoms with van der Waals surface area (Å²) >= 11 is 0. The van der Waals surface area contributed by atoms with E-state index in [1.165, 1.54) is 17.0 Å². The van der Waals surface area contributed by atoms with Crippen LogP contribution in [0.2, 0.25) is 0 Å². The maximum absolute atomic E-state index is 14.1. The van der Waals surface area contributed by atoms with Crippen molar-refractivity contribution in [2.45, 2.75) is 69.9 Å². The topological polar surface area (TPSA) is 96.0 Å². The highest BCUT2D eigenvalue weighted by Gasteiger charge is 2.34. The van der Waals surface area contributed by atoms with Crippen molar-refractivity contribution in [2.24, 2.45) is 0 Å². The van der Waals surface area contributed by atoms with E-state index >= 15 is 0 Å². The first-order valence-corrected chi connectivity index (χ1v) is 16.1. The van der Waals surface area contributed by atoms with Crippen LogP contribution in [0.15, 0.2) is 83.8 Å². The molecule has 1 fully saturated rings. The standard InChI is InChI=1S/C33H41N3O5S/c1-4-41-31-17-11-10-16-30(31)36(42(39,40)29-20-18-25(2)19-21-29)24-32(37)35(23-22-27-12-6-5-7-13-27)26(3)33(38)34-28-14-8-9-15-28/h5-7,10-13,16-21,26,28H,4,8-9,14-15,22-24H2,1-3H3,(H,34,38). The molecule has 42 heavy (non-hydrogen) atoms. The van der Waals surface area contributed by atoms with Crippen LogP contribution in [0.5, 0.6) is 5.75 Å². The van der Waals surface area contributed by atoms with Crippen molar-refractivity contribution >= 4 is 27.5 Å². The maximum atomic E-state index is 14.1. The molecule has 2 amide bonds. The molecule has 8 nitrogen and oxygen atoms in total. The van der Waals surface area contributed by atoms with E-state index in [2.05, 4.69) is 5.32 Å². The van der Waals surface area contributed by atoms with Crippen molar-refractivity contribution in [3.8, 4) is 5.75 Å². The van der Waals surface area contributed by atoms with E-state index in [0.29, 0.717) is 18.8 Å². The average molecular weight is 592 g/mol. The summed E-state index contributed by atoms with van der Waals surface area (Å²) in [6.07, 6.45) is 4.51. The summed E-state index contributed by atoms with van der Waals surface area (Å²) in [5.41, 5.74) is 2.20. The van der Waals surface area contributed by atoms with Crippen molar-refractivity contribution in [1.82, 2.24) is 10.2 Å². The molecule has 0 bridgehead atoms. The second kappa shape index (κ2) is 14.4. The van der Waals surface area contributed by atoms with Crippen LogP contribution in [0, 0.1) is 6.92 Å². The lowest BCUT2D eigenvalue weighted by Gasteiger charge is -2.33. The highest BCUT2D eigenvalue weighted by Crippen LogP contribution is 2.33. The quantitative estimate of drug-likeness (QED) is 0.298. The van der Waals surface area contributed by atoms with Crippen LogP contribution in [-0.2, 0) is 26.0 Å². The van der Waals surface area contributed by atoms with Gasteiger partial charge in [-0.3, -0.25) is 13.9 Å². The normalized spacial score (nSPS) is 14.3. The molecule has 0 spiro atoms. The molecule has 1 saturated carbocycles. The predicted molar refractivity (Wildman–Crippen MR) is 165 cm³/mol. The highest BCUT2D eigenvalue weighted by molar-refractivity contribution is 7.92. The fourth-order valence-corrected chi connectivity index (χ4v) is 6.68. The number of sulfonamides is 1. The molecule has 0 aromatic heterocycles. The molecule has 0 saturated heterocycles. The molecule has 3 aromatic rings. The Morgan fingerprint density at radius 3 is 2.26 bits per heavy atom. The van der Waals surface area contributed by atoms with Gasteiger partial charge in [0.2, 0.25) is 11.8 Å². The molecule has 1 aliphatic rings. The second-order valence-corrected chi connectivity index (χ2v) is 12.6. The van der Waals surface area contributed by atoms with Gasteiger partial charge in [0.05, 0.1) is 17.2 Å². The Kier molecular flexibility index (Phi) is 10.6. The lowest BCUT2D eigenvalue weighted by Crippen LogP contribution is -2.53. The molecule has 0 aliphatic heterocycles. The van der Waals surface area contributed by atoms with Gasteiger partial charge in [-0.25, -0.2) is 8.42 Å². The van der Waals surface area contributed by atoms with Crippen LogP contribution < -0.4 is 14.4 Å². The number of nitrogens with zero attached hydrogens (tertiary/aromatic N) is 2. The first-order valence-electron chi connectivity index (χ1n) is 14.7. The van der Waals surface area contributed by atoms with Crippen LogP contribution in [0.4, 0.5) is 5.69 Å². The molecule has 3 aromatic carbocycles. The highest BCUT2D eigenvalue weighted by atomic mass is 32.2. The Labute approximate surface area is 249 Å². The van der Waals surface area contributed by atoms with Crippen LogP contribution in [0.3, 0.4) is 0 Å². The summed E-state index contributed by atoms with van der Waals surface area (Å²) < 4.78 is 35.1. The van der Waals surface area contributed by atoms with E-state index in [1.807, 2.05) is 44.2 Å². The summed E-state index contributed by atoms with van der Waals surface area (Å²) in [4.78, 5) is 29.0. The number of para-hydroxylation sites is 2. The van der Waals surface area contributed by atoms with Crippen molar-refractivity contribution in [3.63, 3.8) is 0 Å². The first-order chi connectivity index (χ1) is 20.2. The van der Waals surface area contributed by atoms with E-state index in [4.69, 9.17) is 4.74 Å². The number of hydrogen-bond donors (Lipinski definition) is 1. The molecule has 0 heterocycles. The van der Waals surface area contributed by atoms with Crippen LogP contribution in [0.1, 0.15) is 50.7 Å². The number of carbonyl (C=O) groups excluding carboxylic acids is 2. The zero-order valence-electron chi connectivity index (χ0n) is 24.7. The van der Waals surface area contributed by atoms with Gasteiger partial charge in [-0.2, -0.15) is 0 Å². The predicted octanol–water partition coefficient (Wildman–Crippen LogP) is 5.11. The Balaban J connectivity index is 1.68. The van der Waals surface area contributed by atoms with E-state index in [-0.39, 0.29) is 29.1 Å². The lowest BCUT2D eigenvalue weighted by atomic mass is 10.1. The summed E-state index contributed by atoms with van der Waals surface area (Å²) in [5, 5.41) is 3.10. The number of carbonyl (C=O) groups is 2. The van der Waals surface area contributed by atoms with Crippen molar-refractivity contribution in [1.29, 1.82) is 0 Å². The maximum Gasteiger partial charge on any atom is 0.264 e. The number of amides is 2. The monoisotopic (exact) mass is 591 g/mol. The largest absolute Gasteiger partial charge is 0.492 e. The first kappa shape index (κ1) is 31.1. The molecular formula is C33H41N3O5S. The molecular weight excluding hydrogens is 550 g/mol. The smallest absolute Gasteiger partial charge is 0.264 e. The molecule has 9 heteroatoms. The second-order valence-electron chi connectivity index (χ2n) is 10.7. The van der Waals surface area contributed by atoms with Gasteiger partial charge < -0.3 is 15.0 Å². The van der Waals surface area contributed by atoms with Crippen molar-refractivity contribution in [2.75, 3.05) is 24.0 Å².